The van der Waals surface area contributed by atoms with Gasteiger partial charge >= 0.3 is 0 Å². The summed E-state index contributed by atoms with van der Waals surface area (Å²) in [5, 5.41) is 4.50. The first-order valence-electron chi connectivity index (χ1n) is 9.40. The van der Waals surface area contributed by atoms with E-state index in [0.29, 0.717) is 56.0 Å². The molecule has 0 bridgehead atoms. The highest BCUT2D eigenvalue weighted by atomic mass is 16.5. The van der Waals surface area contributed by atoms with Gasteiger partial charge in [0.25, 0.3) is 5.91 Å². The van der Waals surface area contributed by atoms with E-state index in [1.807, 2.05) is 36.4 Å². The highest BCUT2D eigenvalue weighted by molar-refractivity contribution is 6.05. The second kappa shape index (κ2) is 8.74. The van der Waals surface area contributed by atoms with E-state index in [2.05, 4.69) is 10.1 Å². The molecule has 1 aromatic carbocycles. The number of rotatable bonds is 8. The van der Waals surface area contributed by atoms with Crippen LogP contribution in [0.2, 0.25) is 0 Å². The van der Waals surface area contributed by atoms with Crippen molar-refractivity contribution in [2.45, 2.75) is 13.2 Å². The van der Waals surface area contributed by atoms with Gasteiger partial charge in [0.1, 0.15) is 36.2 Å². The molecule has 8 heteroatoms. The first-order chi connectivity index (χ1) is 14.2. The SMILES string of the molecule is COCCOc1cccc(N2CCn3nc(COc4ccccc4)cc3C2=O)n1. The maximum Gasteiger partial charge on any atom is 0.277 e. The Bertz CT molecular complexity index is 974. The standard InChI is InChI=1S/C21H22N4O4/c1-27-12-13-28-20-9-5-8-19(22-20)24-10-11-25-18(21(24)26)14-16(23-25)15-29-17-6-3-2-4-7-17/h2-9,14H,10-13,15H2,1H3. The van der Waals surface area contributed by atoms with Gasteiger partial charge in [-0.25, -0.2) is 0 Å². The van der Waals surface area contributed by atoms with Crippen molar-refractivity contribution >= 4 is 11.7 Å². The molecule has 150 valence electrons. The number of methoxy groups -OCH3 is 1. The summed E-state index contributed by atoms with van der Waals surface area (Å²) in [7, 11) is 1.61. The number of hydrogen-bond donors (Lipinski definition) is 0. The second-order valence-corrected chi connectivity index (χ2v) is 6.48. The molecule has 0 saturated carbocycles. The van der Waals surface area contributed by atoms with Gasteiger partial charge in [-0.1, -0.05) is 24.3 Å². The van der Waals surface area contributed by atoms with E-state index in [9.17, 15) is 4.79 Å². The predicted octanol–water partition coefficient (Wildman–Crippen LogP) is 2.54. The summed E-state index contributed by atoms with van der Waals surface area (Å²) in [6.07, 6.45) is 0. The predicted molar refractivity (Wildman–Crippen MR) is 106 cm³/mol. The van der Waals surface area contributed by atoms with E-state index in [1.165, 1.54) is 0 Å². The average molecular weight is 394 g/mol. The summed E-state index contributed by atoms with van der Waals surface area (Å²) in [4.78, 5) is 19.1. The molecule has 0 spiro atoms. The Labute approximate surface area is 168 Å². The molecule has 3 heterocycles. The van der Waals surface area contributed by atoms with E-state index in [-0.39, 0.29) is 5.91 Å². The van der Waals surface area contributed by atoms with Crippen LogP contribution >= 0.6 is 0 Å². The number of hydrogen-bond acceptors (Lipinski definition) is 6. The molecule has 0 atom stereocenters. The Morgan fingerprint density at radius 2 is 1.86 bits per heavy atom. The third kappa shape index (κ3) is 4.38. The molecule has 4 rings (SSSR count). The number of amides is 1. The number of carbonyl (C=O) groups excluding carboxylic acids is 1. The van der Waals surface area contributed by atoms with Crippen molar-refractivity contribution < 1.29 is 19.0 Å². The van der Waals surface area contributed by atoms with Crippen LogP contribution in [0.5, 0.6) is 11.6 Å². The minimum atomic E-state index is -0.142. The number of anilines is 1. The first-order valence-corrected chi connectivity index (χ1v) is 9.40. The number of fused-ring (bicyclic) bond motifs is 1. The van der Waals surface area contributed by atoms with Gasteiger partial charge in [-0.3, -0.25) is 14.4 Å². The van der Waals surface area contributed by atoms with Crippen LogP contribution in [0.25, 0.3) is 0 Å². The Morgan fingerprint density at radius 3 is 2.69 bits per heavy atom. The maximum atomic E-state index is 13.0. The molecule has 0 unspecified atom stereocenters. The van der Waals surface area contributed by atoms with Crippen LogP contribution in [0.1, 0.15) is 16.2 Å². The monoisotopic (exact) mass is 394 g/mol. The zero-order valence-electron chi connectivity index (χ0n) is 16.2. The van der Waals surface area contributed by atoms with Gasteiger partial charge in [-0.2, -0.15) is 10.1 Å². The lowest BCUT2D eigenvalue weighted by molar-refractivity contribution is 0.0961. The minimum absolute atomic E-state index is 0.142. The van der Waals surface area contributed by atoms with Crippen molar-refractivity contribution in [1.29, 1.82) is 0 Å². The normalized spacial score (nSPS) is 13.3. The Hall–Kier alpha value is -3.39. The number of carbonyl (C=O) groups is 1. The van der Waals surface area contributed by atoms with Crippen molar-refractivity contribution in [1.82, 2.24) is 14.8 Å². The number of nitrogens with zero attached hydrogens (tertiary/aromatic N) is 4. The van der Waals surface area contributed by atoms with Crippen LogP contribution in [0.4, 0.5) is 5.82 Å². The van der Waals surface area contributed by atoms with E-state index < -0.39 is 0 Å². The van der Waals surface area contributed by atoms with Gasteiger partial charge in [0.05, 0.1) is 13.2 Å². The number of para-hydroxylation sites is 1. The maximum absolute atomic E-state index is 13.0. The van der Waals surface area contributed by atoms with E-state index in [0.717, 1.165) is 5.75 Å². The third-order valence-electron chi connectivity index (χ3n) is 4.48. The fourth-order valence-corrected chi connectivity index (χ4v) is 3.07. The number of ether oxygens (including phenoxy) is 3. The van der Waals surface area contributed by atoms with E-state index in [1.54, 1.807) is 34.9 Å². The lowest BCUT2D eigenvalue weighted by atomic mass is 10.2. The summed E-state index contributed by atoms with van der Waals surface area (Å²) < 4.78 is 18.0. The first kappa shape index (κ1) is 18.9. The quantitative estimate of drug-likeness (QED) is 0.547. The Kier molecular flexibility index (Phi) is 5.71. The molecule has 1 amide bonds. The van der Waals surface area contributed by atoms with Gasteiger partial charge in [-0.15, -0.1) is 0 Å². The fraction of sp³-hybridized carbons (Fsp3) is 0.286. The van der Waals surface area contributed by atoms with Crippen LogP contribution in [0.15, 0.2) is 54.6 Å². The molecular formula is C21H22N4O4. The molecule has 0 N–H and O–H groups in total. The molecule has 29 heavy (non-hydrogen) atoms. The Morgan fingerprint density at radius 1 is 1.00 bits per heavy atom. The number of aromatic nitrogens is 3. The van der Waals surface area contributed by atoms with Crippen LogP contribution in [-0.2, 0) is 17.9 Å². The number of benzene rings is 1. The van der Waals surface area contributed by atoms with Crippen molar-refractivity contribution in [2.24, 2.45) is 0 Å². The van der Waals surface area contributed by atoms with Gasteiger partial charge in [-0.05, 0) is 24.3 Å². The largest absolute Gasteiger partial charge is 0.487 e. The molecule has 1 aliphatic rings. The van der Waals surface area contributed by atoms with Crippen molar-refractivity contribution in [3.05, 3.63) is 66.0 Å². The topological polar surface area (TPSA) is 78.7 Å². The Balaban J connectivity index is 1.46. The molecule has 0 fully saturated rings. The molecule has 0 aliphatic carbocycles. The van der Waals surface area contributed by atoms with Gasteiger partial charge in [0.15, 0.2) is 0 Å². The van der Waals surface area contributed by atoms with Crippen molar-refractivity contribution in [3.63, 3.8) is 0 Å². The van der Waals surface area contributed by atoms with Crippen LogP contribution < -0.4 is 14.4 Å². The average Bonchev–Trinajstić information content (AvgIpc) is 3.18. The van der Waals surface area contributed by atoms with Crippen LogP contribution in [0.3, 0.4) is 0 Å². The van der Waals surface area contributed by atoms with Crippen LogP contribution in [0, 0.1) is 0 Å². The zero-order chi connectivity index (χ0) is 20.1. The molecule has 8 nitrogen and oxygen atoms in total. The van der Waals surface area contributed by atoms with Crippen LogP contribution in [-0.4, -0.2) is 47.5 Å². The second-order valence-electron chi connectivity index (χ2n) is 6.48. The summed E-state index contributed by atoms with van der Waals surface area (Å²) in [6, 6.07) is 16.7. The summed E-state index contributed by atoms with van der Waals surface area (Å²) in [5.41, 5.74) is 1.24. The molecular weight excluding hydrogens is 372 g/mol. The summed E-state index contributed by atoms with van der Waals surface area (Å²) in [6.45, 7) is 2.25. The molecule has 0 saturated heterocycles. The fourth-order valence-electron chi connectivity index (χ4n) is 3.07. The van der Waals surface area contributed by atoms with Gasteiger partial charge in [0.2, 0.25) is 5.88 Å². The lowest BCUT2D eigenvalue weighted by Gasteiger charge is -2.26. The molecule has 0 radical (unpaired) electrons. The summed E-state index contributed by atoms with van der Waals surface area (Å²) >= 11 is 0. The van der Waals surface area contributed by atoms with Crippen molar-refractivity contribution in [3.8, 4) is 11.6 Å². The molecule has 1 aliphatic heterocycles. The highest BCUT2D eigenvalue weighted by Gasteiger charge is 2.28. The van der Waals surface area contributed by atoms with E-state index >= 15 is 0 Å². The highest BCUT2D eigenvalue weighted by Crippen LogP contribution is 2.22. The number of pyridine rings is 1. The lowest BCUT2D eigenvalue weighted by Crippen LogP contribution is -2.40. The van der Waals surface area contributed by atoms with Crippen molar-refractivity contribution in [2.75, 3.05) is 31.8 Å². The zero-order valence-corrected chi connectivity index (χ0v) is 16.2. The minimum Gasteiger partial charge on any atom is -0.487 e. The van der Waals surface area contributed by atoms with Gasteiger partial charge in [0, 0.05) is 19.7 Å². The summed E-state index contributed by atoms with van der Waals surface area (Å²) in [5.74, 6) is 1.64. The third-order valence-corrected chi connectivity index (χ3v) is 4.48. The smallest absolute Gasteiger partial charge is 0.277 e. The molecule has 2 aromatic heterocycles. The van der Waals surface area contributed by atoms with E-state index in [4.69, 9.17) is 14.2 Å². The molecule has 3 aromatic rings. The van der Waals surface area contributed by atoms with Gasteiger partial charge < -0.3 is 14.2 Å².